The van der Waals surface area contributed by atoms with Crippen molar-refractivity contribution in [3.8, 4) is 0 Å². The van der Waals surface area contributed by atoms with Crippen LogP contribution < -0.4 is 0 Å². The van der Waals surface area contributed by atoms with Crippen LogP contribution in [0, 0.1) is 41.3 Å². The van der Waals surface area contributed by atoms with E-state index in [0.717, 1.165) is 0 Å². The van der Waals surface area contributed by atoms with Gasteiger partial charge in [-0.15, -0.1) is 0 Å². The van der Waals surface area contributed by atoms with Crippen LogP contribution in [0.25, 0.3) is 0 Å². The first-order valence-electron chi connectivity index (χ1n) is 7.92. The number of carbonyl (C=O) groups excluding carboxylic acids is 3. The second-order valence-corrected chi connectivity index (χ2v) is 5.67. The van der Waals surface area contributed by atoms with Gasteiger partial charge in [0.05, 0.1) is 0 Å². The molecule has 0 atom stereocenters. The summed E-state index contributed by atoms with van der Waals surface area (Å²) in [5, 5.41) is 23.8. The Morgan fingerprint density at radius 2 is 0.475 bits per heavy atom. The van der Waals surface area contributed by atoms with Crippen LogP contribution in [-0.2, 0) is 14.4 Å². The summed E-state index contributed by atoms with van der Waals surface area (Å²) in [6.45, 7) is 0. The van der Waals surface area contributed by atoms with Crippen LogP contribution in [0.5, 0.6) is 0 Å². The van der Waals surface area contributed by atoms with E-state index in [1.807, 2.05) is 0 Å². The zero-order chi connectivity index (χ0) is 32.6. The summed E-state index contributed by atoms with van der Waals surface area (Å²) in [4.78, 5) is 29.6. The van der Waals surface area contributed by atoms with Crippen molar-refractivity contribution in [3.05, 3.63) is 35.5 Å². The minimum Gasteiger partial charge on any atom is -0.504 e. The molecular weight excluding hydrogens is 759 g/mol. The first-order chi connectivity index (χ1) is 16.6. The molecule has 0 aliphatic rings. The Bertz CT molecular complexity index is 834. The monoisotopic (exact) mass is 765 g/mol. The van der Waals surface area contributed by atoms with Gasteiger partial charge in [-0.3, -0.25) is 14.4 Å². The summed E-state index contributed by atoms with van der Waals surface area (Å²) in [6.07, 6.45) is -35.0. The Balaban J connectivity index is -0.000000240. The van der Waals surface area contributed by atoms with Crippen molar-refractivity contribution in [3.63, 3.8) is 0 Å². The third-order valence-electron chi connectivity index (χ3n) is 2.51. The predicted molar refractivity (Wildman–Crippen MR) is 83.5 cm³/mol. The van der Waals surface area contributed by atoms with Gasteiger partial charge in [0.25, 0.3) is 17.3 Å². The molecule has 0 saturated heterocycles. The Kier molecular flexibility index (Phi) is 17.5. The van der Waals surface area contributed by atoms with E-state index in [1.54, 1.807) is 0 Å². The van der Waals surface area contributed by atoms with Crippen LogP contribution >= 0.6 is 0 Å². The molecule has 25 heteroatoms. The molecule has 0 aromatic carbocycles. The van der Waals surface area contributed by atoms with Gasteiger partial charge in [-0.05, 0) is 0 Å². The van der Waals surface area contributed by atoms with Gasteiger partial charge in [-0.25, -0.2) is 0 Å². The molecule has 0 bridgehead atoms. The second-order valence-electron chi connectivity index (χ2n) is 5.67. The van der Waals surface area contributed by atoms with Crippen molar-refractivity contribution < 1.29 is 150 Å². The smallest absolute Gasteiger partial charge is 0.454 e. The van der Waals surface area contributed by atoms with Crippen molar-refractivity contribution in [2.75, 3.05) is 0 Å². The van der Waals surface area contributed by atoms with Crippen molar-refractivity contribution in [1.29, 1.82) is 0 Å². The van der Waals surface area contributed by atoms with Crippen LogP contribution in [0.1, 0.15) is 0 Å². The molecule has 1 radical (unpaired) electrons. The van der Waals surface area contributed by atoms with Crippen LogP contribution in [0.15, 0.2) is 35.5 Å². The number of aliphatic hydroxyl groups excluding tert-OH is 3. The molecule has 0 aromatic heterocycles. The molecule has 0 saturated carbocycles. The first-order valence-corrected chi connectivity index (χ1v) is 7.92. The maximum atomic E-state index is 11.4. The largest absolute Gasteiger partial charge is 0.504 e. The number of allylic oxidation sites excluding steroid dienone is 6. The molecule has 6 nitrogen and oxygen atoms in total. The molecule has 0 fully saturated rings. The molecule has 3 N–H and O–H groups in total. The van der Waals surface area contributed by atoms with E-state index in [4.69, 9.17) is 15.3 Å². The van der Waals surface area contributed by atoms with Gasteiger partial charge in [0.1, 0.15) is 0 Å². The molecule has 0 rings (SSSR count). The van der Waals surface area contributed by atoms with Crippen molar-refractivity contribution in [2.24, 2.45) is 0 Å². The zero-order valence-electron chi connectivity index (χ0n) is 17.7. The van der Waals surface area contributed by atoms with Crippen LogP contribution in [0.2, 0.25) is 0 Å². The molecule has 0 spiro atoms. The summed E-state index contributed by atoms with van der Waals surface area (Å²) in [5.74, 6) is -16.0. The molecule has 231 valence electrons. The number of hydrogen-bond donors (Lipinski definition) is 3. The molecule has 0 amide bonds. The minimum absolute atomic E-state index is 0. The van der Waals surface area contributed by atoms with E-state index >= 15 is 0 Å². The number of halogens is 18. The standard InChI is InChI=1S/3C5H2F6O2.Pr/c3*6-4(7,8)2(12)1-3(13)5(9,10)11;/h3*1,12H;/b2-1+;2*2-1-;. The van der Waals surface area contributed by atoms with E-state index in [2.05, 4.69) is 0 Å². The van der Waals surface area contributed by atoms with E-state index in [-0.39, 0.29) is 41.3 Å². The van der Waals surface area contributed by atoms with Gasteiger partial charge in [0, 0.05) is 59.5 Å². The van der Waals surface area contributed by atoms with Gasteiger partial charge < -0.3 is 15.3 Å². The average Bonchev–Trinajstić information content (AvgIpc) is 2.64. The quantitative estimate of drug-likeness (QED) is 0.175. The van der Waals surface area contributed by atoms with Crippen LogP contribution in [0.4, 0.5) is 79.0 Å². The van der Waals surface area contributed by atoms with Gasteiger partial charge >= 0.3 is 37.1 Å². The van der Waals surface area contributed by atoms with Crippen molar-refractivity contribution in [2.45, 2.75) is 37.1 Å². The minimum atomic E-state index is -5.42. The summed E-state index contributed by atoms with van der Waals surface area (Å²) < 4.78 is 204. The second kappa shape index (κ2) is 15.7. The van der Waals surface area contributed by atoms with E-state index in [0.29, 0.717) is 0 Å². The summed E-state index contributed by atoms with van der Waals surface area (Å²) in [5.41, 5.74) is 0. The Morgan fingerprint density at radius 3 is 0.550 bits per heavy atom. The Morgan fingerprint density at radius 1 is 0.350 bits per heavy atom. The number of carbonyl (C=O) groups is 3. The maximum Gasteiger partial charge on any atom is 0.454 e. The Hall–Kier alpha value is -2.27. The average molecular weight is 765 g/mol. The molecule has 0 aliphatic heterocycles. The maximum absolute atomic E-state index is 11.4. The molecule has 0 aromatic rings. The fourth-order valence-corrected chi connectivity index (χ4v) is 0.864. The topological polar surface area (TPSA) is 112 Å². The Labute approximate surface area is 239 Å². The molecule has 0 aliphatic carbocycles. The molecule has 40 heavy (non-hydrogen) atoms. The number of rotatable bonds is 3. The number of aliphatic hydroxyl groups is 3. The van der Waals surface area contributed by atoms with Crippen LogP contribution in [0.3, 0.4) is 0 Å². The van der Waals surface area contributed by atoms with E-state index in [1.165, 1.54) is 0 Å². The van der Waals surface area contributed by atoms with Gasteiger partial charge in [0.2, 0.25) is 17.3 Å². The fraction of sp³-hybridized carbons (Fsp3) is 0.400. The summed E-state index contributed by atoms with van der Waals surface area (Å²) >= 11 is 0. The summed E-state index contributed by atoms with van der Waals surface area (Å²) in [6, 6.07) is 0. The molecule has 0 heterocycles. The third kappa shape index (κ3) is 20.6. The van der Waals surface area contributed by atoms with Gasteiger partial charge in [-0.2, -0.15) is 79.0 Å². The summed E-state index contributed by atoms with van der Waals surface area (Å²) in [7, 11) is 0. The molecular formula is C15H6F18O6Pr. The first kappa shape index (κ1) is 44.7. The number of ketones is 3. The zero-order valence-corrected chi connectivity index (χ0v) is 21.4. The predicted octanol–water partition coefficient (Wildman–Crippen LogP) is 6.37. The van der Waals surface area contributed by atoms with Crippen LogP contribution in [-0.4, -0.2) is 69.7 Å². The number of hydrogen-bond acceptors (Lipinski definition) is 6. The van der Waals surface area contributed by atoms with Gasteiger partial charge in [-0.1, -0.05) is 0 Å². The van der Waals surface area contributed by atoms with Gasteiger partial charge in [0.15, 0.2) is 0 Å². The van der Waals surface area contributed by atoms with Crippen molar-refractivity contribution in [1.82, 2.24) is 0 Å². The van der Waals surface area contributed by atoms with Crippen molar-refractivity contribution >= 4 is 17.3 Å². The van der Waals surface area contributed by atoms with E-state index in [9.17, 15) is 93.4 Å². The SMILES string of the molecule is O=C(/C=C(/O)C(F)(F)F)C(F)(F)F.O=C(/C=C(\O)C(F)(F)F)C(F)(F)F.O=C(/C=C(\O)C(F)(F)F)C(F)(F)F.[Pr]. The van der Waals surface area contributed by atoms with E-state index < -0.39 is 89.9 Å². The fourth-order valence-electron chi connectivity index (χ4n) is 0.864. The third-order valence-corrected chi connectivity index (χ3v) is 2.51. The normalized spacial score (nSPS) is 14.1. The molecule has 0 unspecified atom stereocenters. The number of alkyl halides is 18.